The zero-order chi connectivity index (χ0) is 10.6. The van der Waals surface area contributed by atoms with Gasteiger partial charge >= 0.3 is 7.82 Å². The number of rotatable bonds is 4. The van der Waals surface area contributed by atoms with Crippen LogP contribution in [0, 0.1) is 0 Å². The average molecular weight is 217 g/mol. The fourth-order valence-corrected chi connectivity index (χ4v) is 1.42. The van der Waals surface area contributed by atoms with Crippen molar-refractivity contribution in [2.75, 3.05) is 6.54 Å². The second-order valence-electron chi connectivity index (χ2n) is 2.76. The predicted octanol–water partition coefficient (Wildman–Crippen LogP) is 0.659. The lowest BCUT2D eigenvalue weighted by Crippen LogP contribution is -2.02. The predicted molar refractivity (Wildman–Crippen MR) is 51.9 cm³/mol. The van der Waals surface area contributed by atoms with E-state index in [1.807, 2.05) is 0 Å². The van der Waals surface area contributed by atoms with E-state index in [4.69, 9.17) is 15.5 Å². The summed E-state index contributed by atoms with van der Waals surface area (Å²) in [5, 5.41) is 0. The van der Waals surface area contributed by atoms with Crippen molar-refractivity contribution in [3.63, 3.8) is 0 Å². The maximum Gasteiger partial charge on any atom is 0.524 e. The molecule has 1 aromatic rings. The molecule has 0 aliphatic carbocycles. The summed E-state index contributed by atoms with van der Waals surface area (Å²) in [6, 6.07) is 6.45. The Morgan fingerprint density at radius 1 is 1.29 bits per heavy atom. The summed E-state index contributed by atoms with van der Waals surface area (Å²) >= 11 is 0. The van der Waals surface area contributed by atoms with Gasteiger partial charge in [-0.15, -0.1) is 0 Å². The van der Waals surface area contributed by atoms with Crippen molar-refractivity contribution in [3.05, 3.63) is 29.8 Å². The first-order valence-corrected chi connectivity index (χ1v) is 5.58. The van der Waals surface area contributed by atoms with E-state index in [0.717, 1.165) is 12.0 Å². The largest absolute Gasteiger partial charge is 0.524 e. The first-order chi connectivity index (χ1) is 6.51. The second kappa shape index (κ2) is 4.57. The zero-order valence-electron chi connectivity index (χ0n) is 7.46. The highest BCUT2D eigenvalue weighted by atomic mass is 31.2. The standard InChI is InChI=1S/C8H12NO4P/c9-6-5-7-1-3-8(4-2-7)13-14(10,11)12/h1-4H,5-6,9H2,(H2,10,11,12). The number of benzene rings is 1. The van der Waals surface area contributed by atoms with Crippen LogP contribution in [0.25, 0.3) is 0 Å². The molecule has 5 nitrogen and oxygen atoms in total. The summed E-state index contributed by atoms with van der Waals surface area (Å²) in [5.74, 6) is 0.152. The molecule has 0 bridgehead atoms. The smallest absolute Gasteiger partial charge is 0.404 e. The van der Waals surface area contributed by atoms with Crippen LogP contribution in [0.1, 0.15) is 5.56 Å². The molecule has 1 rings (SSSR count). The topological polar surface area (TPSA) is 92.8 Å². The third-order valence-electron chi connectivity index (χ3n) is 1.58. The molecule has 0 atom stereocenters. The van der Waals surface area contributed by atoms with Gasteiger partial charge in [0.05, 0.1) is 0 Å². The van der Waals surface area contributed by atoms with E-state index < -0.39 is 7.82 Å². The molecule has 0 aliphatic rings. The average Bonchev–Trinajstić information content (AvgIpc) is 2.06. The molecule has 0 radical (unpaired) electrons. The Labute approximate surface area is 81.8 Å². The molecule has 4 N–H and O–H groups in total. The second-order valence-corrected chi connectivity index (χ2v) is 3.93. The van der Waals surface area contributed by atoms with E-state index in [0.29, 0.717) is 6.54 Å². The number of hydrogen-bond donors (Lipinski definition) is 3. The van der Waals surface area contributed by atoms with Gasteiger partial charge in [0.2, 0.25) is 0 Å². The minimum atomic E-state index is -4.44. The maximum atomic E-state index is 10.5. The maximum absolute atomic E-state index is 10.5. The van der Waals surface area contributed by atoms with E-state index in [2.05, 4.69) is 4.52 Å². The summed E-state index contributed by atoms with van der Waals surface area (Å²) in [7, 11) is -4.44. The Morgan fingerprint density at radius 3 is 2.29 bits per heavy atom. The van der Waals surface area contributed by atoms with Crippen LogP contribution < -0.4 is 10.3 Å². The Balaban J connectivity index is 2.69. The van der Waals surface area contributed by atoms with Gasteiger partial charge in [-0.25, -0.2) is 4.57 Å². The van der Waals surface area contributed by atoms with Crippen LogP contribution in [0.5, 0.6) is 5.75 Å². The fourth-order valence-electron chi connectivity index (χ4n) is 1.02. The van der Waals surface area contributed by atoms with Crippen molar-refractivity contribution in [2.45, 2.75) is 6.42 Å². The molecular weight excluding hydrogens is 205 g/mol. The number of phosphoric ester groups is 1. The molecule has 14 heavy (non-hydrogen) atoms. The van der Waals surface area contributed by atoms with Crippen molar-refractivity contribution in [2.24, 2.45) is 5.73 Å². The third-order valence-corrected chi connectivity index (χ3v) is 2.03. The summed E-state index contributed by atoms with van der Waals surface area (Å²) in [6.07, 6.45) is 0.732. The van der Waals surface area contributed by atoms with Gasteiger partial charge in [-0.1, -0.05) is 12.1 Å². The third kappa shape index (κ3) is 3.89. The Morgan fingerprint density at radius 2 is 1.86 bits per heavy atom. The van der Waals surface area contributed by atoms with Gasteiger partial charge < -0.3 is 10.3 Å². The van der Waals surface area contributed by atoms with E-state index in [9.17, 15) is 4.57 Å². The molecule has 0 heterocycles. The molecular formula is C8H12NO4P. The normalized spacial score (nSPS) is 11.4. The summed E-state index contributed by atoms with van der Waals surface area (Å²) in [6.45, 7) is 0.540. The van der Waals surface area contributed by atoms with E-state index in [-0.39, 0.29) is 5.75 Å². The zero-order valence-corrected chi connectivity index (χ0v) is 8.35. The Kier molecular flexibility index (Phi) is 3.66. The molecule has 1 aromatic carbocycles. The summed E-state index contributed by atoms with van der Waals surface area (Å²) in [4.78, 5) is 17.0. The van der Waals surface area contributed by atoms with Gasteiger partial charge in [-0.3, -0.25) is 9.79 Å². The Hall–Kier alpha value is -0.870. The van der Waals surface area contributed by atoms with E-state index in [1.54, 1.807) is 12.1 Å². The molecule has 0 aliphatic heterocycles. The minimum absolute atomic E-state index is 0.152. The van der Waals surface area contributed by atoms with Gasteiger partial charge in [0.1, 0.15) is 5.75 Å². The van der Waals surface area contributed by atoms with Crippen LogP contribution in [-0.4, -0.2) is 16.3 Å². The molecule has 0 spiro atoms. The van der Waals surface area contributed by atoms with E-state index >= 15 is 0 Å². The van der Waals surface area contributed by atoms with Crippen LogP contribution in [0.2, 0.25) is 0 Å². The fraction of sp³-hybridized carbons (Fsp3) is 0.250. The lowest BCUT2D eigenvalue weighted by Gasteiger charge is -2.06. The van der Waals surface area contributed by atoms with Crippen molar-refractivity contribution in [1.82, 2.24) is 0 Å². The lowest BCUT2D eigenvalue weighted by atomic mass is 10.1. The SMILES string of the molecule is NCCc1ccc(OP(=O)(O)O)cc1. The molecule has 0 aromatic heterocycles. The number of hydrogen-bond acceptors (Lipinski definition) is 3. The van der Waals surface area contributed by atoms with Crippen LogP contribution in [-0.2, 0) is 11.0 Å². The molecule has 0 saturated heterocycles. The van der Waals surface area contributed by atoms with Crippen LogP contribution in [0.4, 0.5) is 0 Å². The first-order valence-electron chi connectivity index (χ1n) is 4.05. The van der Waals surface area contributed by atoms with Crippen molar-refractivity contribution in [1.29, 1.82) is 0 Å². The van der Waals surface area contributed by atoms with Crippen molar-refractivity contribution in [3.8, 4) is 5.75 Å². The van der Waals surface area contributed by atoms with Crippen LogP contribution in [0.3, 0.4) is 0 Å². The van der Waals surface area contributed by atoms with Gasteiger partial charge in [-0.2, -0.15) is 0 Å². The first kappa shape index (κ1) is 11.2. The van der Waals surface area contributed by atoms with Gasteiger partial charge in [0.15, 0.2) is 0 Å². The van der Waals surface area contributed by atoms with Gasteiger partial charge in [-0.05, 0) is 30.7 Å². The molecule has 0 unspecified atom stereocenters. The minimum Gasteiger partial charge on any atom is -0.404 e. The summed E-state index contributed by atoms with van der Waals surface area (Å²) < 4.78 is 14.8. The van der Waals surface area contributed by atoms with E-state index in [1.165, 1.54) is 12.1 Å². The summed E-state index contributed by atoms with van der Waals surface area (Å²) in [5.41, 5.74) is 6.35. The molecule has 0 saturated carbocycles. The number of phosphoric acid groups is 1. The highest BCUT2D eigenvalue weighted by molar-refractivity contribution is 7.46. The van der Waals surface area contributed by atoms with Gasteiger partial charge in [0.25, 0.3) is 0 Å². The van der Waals surface area contributed by atoms with Crippen molar-refractivity contribution < 1.29 is 18.9 Å². The van der Waals surface area contributed by atoms with Crippen molar-refractivity contribution >= 4 is 7.82 Å². The molecule has 0 amide bonds. The monoisotopic (exact) mass is 217 g/mol. The number of nitrogens with two attached hydrogens (primary N) is 1. The lowest BCUT2D eigenvalue weighted by molar-refractivity contribution is 0.283. The molecule has 78 valence electrons. The molecule has 0 fully saturated rings. The van der Waals surface area contributed by atoms with Crippen LogP contribution in [0.15, 0.2) is 24.3 Å². The highest BCUT2D eigenvalue weighted by Crippen LogP contribution is 2.37. The Bertz CT molecular complexity index is 332. The van der Waals surface area contributed by atoms with Gasteiger partial charge in [0, 0.05) is 0 Å². The van der Waals surface area contributed by atoms with Crippen LogP contribution >= 0.6 is 7.82 Å². The quantitative estimate of drug-likeness (QED) is 0.644. The molecule has 6 heteroatoms. The highest BCUT2D eigenvalue weighted by Gasteiger charge is 2.15.